The molecule has 0 saturated heterocycles. The molecule has 5 nitrogen and oxygen atoms in total. The Balaban J connectivity index is 2.61. The van der Waals surface area contributed by atoms with E-state index in [1.54, 1.807) is 25.3 Å². The Kier molecular flexibility index (Phi) is 8.51. The van der Waals surface area contributed by atoms with E-state index in [1.807, 2.05) is 6.92 Å². The highest BCUT2D eigenvalue weighted by molar-refractivity contribution is 5.95. The summed E-state index contributed by atoms with van der Waals surface area (Å²) >= 11 is 0. The maximum absolute atomic E-state index is 13.6. The van der Waals surface area contributed by atoms with Crippen molar-refractivity contribution in [2.45, 2.75) is 52.1 Å². The van der Waals surface area contributed by atoms with E-state index >= 15 is 0 Å². The number of ketones is 1. The van der Waals surface area contributed by atoms with Crippen LogP contribution in [0.1, 0.15) is 56.2 Å². The second-order valence-corrected chi connectivity index (χ2v) is 7.70. The predicted octanol–water partition coefficient (Wildman–Crippen LogP) is 5.00. The van der Waals surface area contributed by atoms with E-state index in [2.05, 4.69) is 19.9 Å². The molecule has 0 saturated carbocycles. The first kappa shape index (κ1) is 24.3. The molecule has 1 unspecified atom stereocenters. The maximum Gasteiger partial charge on any atom is 0.310 e. The molecule has 0 heterocycles. The van der Waals surface area contributed by atoms with Gasteiger partial charge in [-0.1, -0.05) is 51.1 Å². The molecule has 0 aliphatic carbocycles. The molecule has 2 N–H and O–H groups in total. The van der Waals surface area contributed by atoms with Crippen LogP contribution in [0.3, 0.4) is 0 Å². The molecule has 2 rings (SSSR count). The monoisotopic (exact) mass is 428 g/mol. The van der Waals surface area contributed by atoms with Crippen molar-refractivity contribution in [3.05, 3.63) is 58.9 Å². The Morgan fingerprint density at radius 1 is 1.19 bits per heavy atom. The minimum Gasteiger partial charge on any atom is -0.496 e. The van der Waals surface area contributed by atoms with Crippen LogP contribution in [-0.4, -0.2) is 35.2 Å². The first-order valence-corrected chi connectivity index (χ1v) is 10.3. The highest BCUT2D eigenvalue weighted by Crippen LogP contribution is 2.41. The summed E-state index contributed by atoms with van der Waals surface area (Å²) in [7, 11) is 1.59. The van der Waals surface area contributed by atoms with Gasteiger partial charge in [-0.3, -0.25) is 9.59 Å². The SMILES string of the molecule is CCc1cc(C(C)C)c(/C=C/C(O)CC(=O)CC(=O)O)c(-c2ccc(F)cc2)c1OC. The van der Waals surface area contributed by atoms with Gasteiger partial charge in [0.1, 0.15) is 23.8 Å². The molecule has 0 aliphatic heterocycles. The summed E-state index contributed by atoms with van der Waals surface area (Å²) in [6, 6.07) is 8.20. The summed E-state index contributed by atoms with van der Waals surface area (Å²) in [6.07, 6.45) is 1.93. The van der Waals surface area contributed by atoms with Crippen LogP contribution in [0.5, 0.6) is 5.75 Å². The lowest BCUT2D eigenvalue weighted by molar-refractivity contribution is -0.140. The third-order valence-corrected chi connectivity index (χ3v) is 5.04. The Morgan fingerprint density at radius 3 is 2.35 bits per heavy atom. The molecule has 2 aromatic rings. The van der Waals surface area contributed by atoms with Crippen molar-refractivity contribution in [2.24, 2.45) is 0 Å². The molecule has 0 amide bonds. The predicted molar refractivity (Wildman–Crippen MR) is 119 cm³/mol. The molecular formula is C25H29FO5. The highest BCUT2D eigenvalue weighted by atomic mass is 19.1. The molecule has 0 bridgehead atoms. The Hall–Kier alpha value is -2.99. The number of benzene rings is 2. The Labute approximate surface area is 182 Å². The molecule has 0 radical (unpaired) electrons. The summed E-state index contributed by atoms with van der Waals surface area (Å²) in [5.74, 6) is -1.29. The molecule has 31 heavy (non-hydrogen) atoms. The lowest BCUT2D eigenvalue weighted by Gasteiger charge is -2.22. The zero-order valence-electron chi connectivity index (χ0n) is 18.3. The number of aliphatic hydroxyl groups excluding tert-OH is 1. The third kappa shape index (κ3) is 6.25. The summed E-state index contributed by atoms with van der Waals surface area (Å²) in [4.78, 5) is 22.4. The van der Waals surface area contributed by atoms with Crippen LogP contribution in [0.4, 0.5) is 4.39 Å². The summed E-state index contributed by atoms with van der Waals surface area (Å²) < 4.78 is 19.3. The van der Waals surface area contributed by atoms with Gasteiger partial charge < -0.3 is 14.9 Å². The molecule has 6 heteroatoms. The fraction of sp³-hybridized carbons (Fsp3) is 0.360. The number of rotatable bonds is 10. The van der Waals surface area contributed by atoms with Crippen LogP contribution in [0.25, 0.3) is 17.2 Å². The number of hydrogen-bond donors (Lipinski definition) is 2. The minimum atomic E-state index is -1.22. The second-order valence-electron chi connectivity index (χ2n) is 7.70. The normalized spacial score (nSPS) is 12.4. The lowest BCUT2D eigenvalue weighted by Crippen LogP contribution is -2.14. The van der Waals surface area contributed by atoms with Gasteiger partial charge in [0.25, 0.3) is 0 Å². The van der Waals surface area contributed by atoms with Gasteiger partial charge in [-0.05, 0) is 46.7 Å². The maximum atomic E-state index is 13.6. The summed E-state index contributed by atoms with van der Waals surface area (Å²) in [6.45, 7) is 6.14. The zero-order valence-corrected chi connectivity index (χ0v) is 18.3. The number of carboxylic acid groups (broad SMARTS) is 1. The molecule has 2 aromatic carbocycles. The van der Waals surface area contributed by atoms with E-state index in [4.69, 9.17) is 9.84 Å². The van der Waals surface area contributed by atoms with E-state index < -0.39 is 24.3 Å². The number of Topliss-reactive ketones (excluding diaryl/α,β-unsaturated/α-hetero) is 1. The van der Waals surface area contributed by atoms with Crippen LogP contribution in [0, 0.1) is 5.82 Å². The van der Waals surface area contributed by atoms with E-state index in [-0.39, 0.29) is 18.2 Å². The Morgan fingerprint density at radius 2 is 1.84 bits per heavy atom. The van der Waals surface area contributed by atoms with Gasteiger partial charge in [0.15, 0.2) is 0 Å². The number of aryl methyl sites for hydroxylation is 1. The molecule has 0 aromatic heterocycles. The largest absolute Gasteiger partial charge is 0.496 e. The molecular weight excluding hydrogens is 399 g/mol. The second kappa shape index (κ2) is 10.9. The smallest absolute Gasteiger partial charge is 0.310 e. The van der Waals surface area contributed by atoms with Crippen LogP contribution < -0.4 is 4.74 Å². The summed E-state index contributed by atoms with van der Waals surface area (Å²) in [5, 5.41) is 19.0. The van der Waals surface area contributed by atoms with E-state index in [9.17, 15) is 19.1 Å². The van der Waals surface area contributed by atoms with Gasteiger partial charge in [-0.2, -0.15) is 0 Å². The zero-order chi connectivity index (χ0) is 23.1. The molecule has 0 fully saturated rings. The lowest BCUT2D eigenvalue weighted by atomic mass is 9.86. The number of carbonyl (C=O) groups is 2. The number of halogens is 1. The van der Waals surface area contributed by atoms with Gasteiger partial charge in [0, 0.05) is 12.0 Å². The Bertz CT molecular complexity index is 961. The first-order valence-electron chi connectivity index (χ1n) is 10.3. The molecule has 166 valence electrons. The van der Waals surface area contributed by atoms with E-state index in [0.29, 0.717) is 5.75 Å². The third-order valence-electron chi connectivity index (χ3n) is 5.04. The number of carboxylic acids is 1. The fourth-order valence-electron chi connectivity index (χ4n) is 3.56. The van der Waals surface area contributed by atoms with Crippen LogP contribution in [0.15, 0.2) is 36.4 Å². The molecule has 1 atom stereocenters. The number of carbonyl (C=O) groups excluding carboxylic acids is 1. The minimum absolute atomic E-state index is 0.154. The fourth-order valence-corrected chi connectivity index (χ4v) is 3.56. The first-order chi connectivity index (χ1) is 14.7. The van der Waals surface area contributed by atoms with Crippen molar-refractivity contribution < 1.29 is 28.9 Å². The summed E-state index contributed by atoms with van der Waals surface area (Å²) in [5.41, 5.74) is 4.40. The van der Waals surface area contributed by atoms with Crippen molar-refractivity contribution in [2.75, 3.05) is 7.11 Å². The van der Waals surface area contributed by atoms with E-state index in [1.165, 1.54) is 18.2 Å². The van der Waals surface area contributed by atoms with Crippen molar-refractivity contribution in [1.82, 2.24) is 0 Å². The number of aliphatic hydroxyl groups is 1. The van der Waals surface area contributed by atoms with Gasteiger partial charge in [0.05, 0.1) is 13.2 Å². The van der Waals surface area contributed by atoms with Crippen molar-refractivity contribution in [3.63, 3.8) is 0 Å². The average Bonchev–Trinajstić information content (AvgIpc) is 2.70. The number of hydrogen-bond acceptors (Lipinski definition) is 4. The number of methoxy groups -OCH3 is 1. The average molecular weight is 429 g/mol. The van der Waals surface area contributed by atoms with Crippen LogP contribution >= 0.6 is 0 Å². The highest BCUT2D eigenvalue weighted by Gasteiger charge is 2.20. The topological polar surface area (TPSA) is 83.8 Å². The van der Waals surface area contributed by atoms with Gasteiger partial charge in [-0.25, -0.2) is 4.39 Å². The van der Waals surface area contributed by atoms with Crippen LogP contribution in [-0.2, 0) is 16.0 Å². The molecule has 0 spiro atoms. The van der Waals surface area contributed by atoms with Crippen molar-refractivity contribution >= 4 is 17.8 Å². The van der Waals surface area contributed by atoms with Gasteiger partial charge in [-0.15, -0.1) is 0 Å². The number of aliphatic carboxylic acids is 1. The van der Waals surface area contributed by atoms with Crippen LogP contribution in [0.2, 0.25) is 0 Å². The quantitative estimate of drug-likeness (QED) is 0.521. The standard InChI is InChI=1S/C25H29FO5/c1-5-16-12-22(15(2)3)21(11-10-19(27)13-20(28)14-23(29)30)24(25(16)31-4)17-6-8-18(26)9-7-17/h6-12,15,19,27H,5,13-14H2,1-4H3,(H,29,30)/b11-10+. The van der Waals surface area contributed by atoms with E-state index in [0.717, 1.165) is 34.2 Å². The molecule has 0 aliphatic rings. The van der Waals surface area contributed by atoms with Crippen molar-refractivity contribution in [1.29, 1.82) is 0 Å². The van der Waals surface area contributed by atoms with Gasteiger partial charge in [0.2, 0.25) is 0 Å². The van der Waals surface area contributed by atoms with Gasteiger partial charge >= 0.3 is 5.97 Å². The number of ether oxygens (including phenoxy) is 1. The van der Waals surface area contributed by atoms with Crippen molar-refractivity contribution in [3.8, 4) is 16.9 Å².